The minimum Gasteiger partial charge on any atom is -0.465 e. The third kappa shape index (κ3) is 2.46. The Labute approximate surface area is 128 Å². The molecule has 4 atom stereocenters. The molecule has 2 fully saturated rings. The van der Waals surface area contributed by atoms with Crippen LogP contribution in [0, 0.1) is 5.82 Å². The highest BCUT2D eigenvalue weighted by atomic mass is 19.1. The lowest BCUT2D eigenvalue weighted by Gasteiger charge is -2.42. The summed E-state index contributed by atoms with van der Waals surface area (Å²) in [7, 11) is 0. The number of aliphatic hydroxyl groups is 2. The van der Waals surface area contributed by atoms with E-state index in [2.05, 4.69) is 0 Å². The molecule has 0 aromatic heterocycles. The van der Waals surface area contributed by atoms with Gasteiger partial charge in [-0.05, 0) is 48.9 Å². The lowest BCUT2D eigenvalue weighted by Crippen LogP contribution is -2.52. The Bertz CT molecular complexity index is 579. The Morgan fingerprint density at radius 1 is 1.36 bits per heavy atom. The molecule has 5 nitrogen and oxygen atoms in total. The van der Waals surface area contributed by atoms with E-state index in [0.717, 1.165) is 12.0 Å². The van der Waals surface area contributed by atoms with Gasteiger partial charge in [0.25, 0.3) is 0 Å². The van der Waals surface area contributed by atoms with Gasteiger partial charge < -0.3 is 20.2 Å². The van der Waals surface area contributed by atoms with E-state index in [4.69, 9.17) is 0 Å². The van der Waals surface area contributed by atoms with E-state index in [1.165, 1.54) is 17.0 Å². The highest BCUT2D eigenvalue weighted by Gasteiger charge is 2.49. The van der Waals surface area contributed by atoms with Crippen molar-refractivity contribution in [3.8, 4) is 0 Å². The molecule has 22 heavy (non-hydrogen) atoms. The van der Waals surface area contributed by atoms with E-state index in [0.29, 0.717) is 24.8 Å². The van der Waals surface area contributed by atoms with Gasteiger partial charge in [0.05, 0.1) is 6.10 Å². The van der Waals surface area contributed by atoms with Crippen LogP contribution >= 0.6 is 0 Å². The number of amides is 1. The molecule has 2 bridgehead atoms. The monoisotopic (exact) mass is 309 g/mol. The predicted octanol–water partition coefficient (Wildman–Crippen LogP) is 1.72. The molecule has 1 aromatic rings. The SMILES string of the molecule is O=C(O)N1C2CCC1C(c1ccc(F)cc1CCO)C(O)C2. The maximum atomic E-state index is 13.5. The summed E-state index contributed by atoms with van der Waals surface area (Å²) >= 11 is 0. The summed E-state index contributed by atoms with van der Waals surface area (Å²) in [5, 5.41) is 29.1. The van der Waals surface area contributed by atoms with Crippen LogP contribution in [0.2, 0.25) is 0 Å². The zero-order chi connectivity index (χ0) is 15.9. The van der Waals surface area contributed by atoms with Gasteiger partial charge in [0.2, 0.25) is 0 Å². The van der Waals surface area contributed by atoms with Crippen LogP contribution in [-0.2, 0) is 6.42 Å². The normalized spacial score (nSPS) is 30.6. The highest BCUT2D eigenvalue weighted by molar-refractivity contribution is 5.67. The molecule has 2 saturated heterocycles. The fourth-order valence-corrected chi connectivity index (χ4v) is 4.13. The first kappa shape index (κ1) is 15.2. The van der Waals surface area contributed by atoms with Crippen LogP contribution in [0.4, 0.5) is 9.18 Å². The van der Waals surface area contributed by atoms with Crippen molar-refractivity contribution in [2.45, 2.75) is 49.8 Å². The van der Waals surface area contributed by atoms with E-state index in [1.807, 2.05) is 0 Å². The smallest absolute Gasteiger partial charge is 0.407 e. The summed E-state index contributed by atoms with van der Waals surface area (Å²) in [6.45, 7) is -0.116. The van der Waals surface area contributed by atoms with Crippen molar-refractivity contribution in [3.63, 3.8) is 0 Å². The van der Waals surface area contributed by atoms with Gasteiger partial charge in [0.15, 0.2) is 0 Å². The average Bonchev–Trinajstić information content (AvgIpc) is 2.78. The first-order valence-electron chi connectivity index (χ1n) is 7.61. The Hall–Kier alpha value is -1.66. The van der Waals surface area contributed by atoms with Gasteiger partial charge in [-0.15, -0.1) is 0 Å². The summed E-state index contributed by atoms with van der Waals surface area (Å²) in [5.74, 6) is -0.756. The van der Waals surface area contributed by atoms with E-state index >= 15 is 0 Å². The van der Waals surface area contributed by atoms with Gasteiger partial charge >= 0.3 is 6.09 Å². The quantitative estimate of drug-likeness (QED) is 0.794. The predicted molar refractivity (Wildman–Crippen MR) is 77.2 cm³/mol. The van der Waals surface area contributed by atoms with Gasteiger partial charge in [-0.2, -0.15) is 0 Å². The van der Waals surface area contributed by atoms with Crippen LogP contribution in [0.25, 0.3) is 0 Å². The molecule has 2 aliphatic rings. The lowest BCUT2D eigenvalue weighted by molar-refractivity contribution is 0.0189. The molecule has 1 amide bonds. The number of halogens is 1. The van der Waals surface area contributed by atoms with Gasteiger partial charge in [-0.3, -0.25) is 0 Å². The number of benzene rings is 1. The molecule has 0 spiro atoms. The van der Waals surface area contributed by atoms with E-state index in [-0.39, 0.29) is 24.6 Å². The Morgan fingerprint density at radius 3 is 2.82 bits per heavy atom. The van der Waals surface area contributed by atoms with Crippen molar-refractivity contribution in [1.82, 2.24) is 4.90 Å². The number of piperidine rings is 1. The van der Waals surface area contributed by atoms with Crippen molar-refractivity contribution in [1.29, 1.82) is 0 Å². The number of nitrogens with zero attached hydrogens (tertiary/aromatic N) is 1. The van der Waals surface area contributed by atoms with Crippen LogP contribution in [0.1, 0.15) is 36.3 Å². The third-order valence-electron chi connectivity index (χ3n) is 4.96. The summed E-state index contributed by atoms with van der Waals surface area (Å²) in [6.07, 6.45) is 0.546. The molecule has 3 rings (SSSR count). The number of carbonyl (C=O) groups is 1. The summed E-state index contributed by atoms with van der Waals surface area (Å²) < 4.78 is 13.5. The molecule has 120 valence electrons. The number of rotatable bonds is 3. The lowest BCUT2D eigenvalue weighted by atomic mass is 9.79. The molecule has 2 heterocycles. The molecule has 1 aromatic carbocycles. The van der Waals surface area contributed by atoms with Gasteiger partial charge in [-0.25, -0.2) is 9.18 Å². The van der Waals surface area contributed by atoms with Crippen LogP contribution in [-0.4, -0.2) is 51.1 Å². The summed E-state index contributed by atoms with van der Waals surface area (Å²) in [5.41, 5.74) is 1.39. The second kappa shape index (κ2) is 5.85. The maximum Gasteiger partial charge on any atom is 0.407 e. The fourth-order valence-electron chi connectivity index (χ4n) is 4.13. The largest absolute Gasteiger partial charge is 0.465 e. The molecule has 4 unspecified atom stereocenters. The topological polar surface area (TPSA) is 81.0 Å². The first-order valence-corrected chi connectivity index (χ1v) is 7.61. The van der Waals surface area contributed by atoms with E-state index < -0.39 is 18.0 Å². The number of hydrogen-bond acceptors (Lipinski definition) is 3. The Morgan fingerprint density at radius 2 is 2.14 bits per heavy atom. The number of fused-ring (bicyclic) bond motifs is 2. The first-order chi connectivity index (χ1) is 10.5. The van der Waals surface area contributed by atoms with Gasteiger partial charge in [0.1, 0.15) is 5.82 Å². The Kier molecular flexibility index (Phi) is 4.06. The van der Waals surface area contributed by atoms with Crippen LogP contribution in [0.5, 0.6) is 0 Å². The Balaban J connectivity index is 2.01. The minimum atomic E-state index is -0.963. The fraction of sp³-hybridized carbons (Fsp3) is 0.562. The van der Waals surface area contributed by atoms with Gasteiger partial charge in [0, 0.05) is 24.6 Å². The second-order valence-electron chi connectivity index (χ2n) is 6.13. The molecule has 0 radical (unpaired) electrons. The highest BCUT2D eigenvalue weighted by Crippen LogP contribution is 2.45. The average molecular weight is 309 g/mol. The number of aliphatic hydroxyl groups excluding tert-OH is 2. The minimum absolute atomic E-state index is 0.116. The third-order valence-corrected chi connectivity index (χ3v) is 4.96. The molecule has 0 saturated carbocycles. The van der Waals surface area contributed by atoms with Crippen molar-refractivity contribution in [2.75, 3.05) is 6.61 Å². The molecule has 2 aliphatic heterocycles. The second-order valence-corrected chi connectivity index (χ2v) is 6.13. The summed E-state index contributed by atoms with van der Waals surface area (Å²) in [6, 6.07) is 3.90. The maximum absolute atomic E-state index is 13.5. The van der Waals surface area contributed by atoms with Crippen molar-refractivity contribution >= 4 is 6.09 Å². The summed E-state index contributed by atoms with van der Waals surface area (Å²) in [4.78, 5) is 13.0. The molecule has 6 heteroatoms. The molecular formula is C16H20FNO4. The van der Waals surface area contributed by atoms with E-state index in [9.17, 15) is 24.5 Å². The van der Waals surface area contributed by atoms with Crippen LogP contribution < -0.4 is 0 Å². The number of carboxylic acid groups (broad SMARTS) is 1. The molecular weight excluding hydrogens is 289 g/mol. The van der Waals surface area contributed by atoms with Crippen LogP contribution in [0.15, 0.2) is 18.2 Å². The standard InChI is InChI=1S/C16H20FNO4/c17-10-1-3-12(9(7-10)5-6-19)15-13-4-2-11(8-14(15)20)18(13)16(21)22/h1,3,7,11,13-15,19-20H,2,4-6,8H2,(H,21,22). The van der Waals surface area contributed by atoms with Crippen molar-refractivity contribution in [3.05, 3.63) is 35.1 Å². The number of hydrogen-bond donors (Lipinski definition) is 3. The zero-order valence-corrected chi connectivity index (χ0v) is 12.2. The zero-order valence-electron chi connectivity index (χ0n) is 12.2. The van der Waals surface area contributed by atoms with Gasteiger partial charge in [-0.1, -0.05) is 6.07 Å². The molecule has 0 aliphatic carbocycles. The van der Waals surface area contributed by atoms with E-state index in [1.54, 1.807) is 6.07 Å². The van der Waals surface area contributed by atoms with Crippen molar-refractivity contribution < 1.29 is 24.5 Å². The van der Waals surface area contributed by atoms with Crippen LogP contribution in [0.3, 0.4) is 0 Å². The van der Waals surface area contributed by atoms with Crippen molar-refractivity contribution in [2.24, 2.45) is 0 Å². The molecule has 3 N–H and O–H groups in total.